The molecule has 0 radical (unpaired) electrons. The van der Waals surface area contributed by atoms with Crippen molar-refractivity contribution in [3.63, 3.8) is 0 Å². The van der Waals surface area contributed by atoms with E-state index in [0.717, 1.165) is 6.08 Å². The molecule has 0 saturated carbocycles. The zero-order valence-corrected chi connectivity index (χ0v) is 12.6. The van der Waals surface area contributed by atoms with Crippen molar-refractivity contribution >= 4 is 29.5 Å². The SMILES string of the molecule is O=C(/C=C/c1ccc([N+](=O)[O-])cc1)ON1C(=O)c2ccccc2C1=O. The fourth-order valence-corrected chi connectivity index (χ4v) is 2.24. The topological polar surface area (TPSA) is 107 Å². The normalized spacial score (nSPS) is 13.2. The maximum atomic E-state index is 12.1. The van der Waals surface area contributed by atoms with E-state index in [1.165, 1.54) is 42.5 Å². The molecule has 2 aromatic rings. The van der Waals surface area contributed by atoms with E-state index in [0.29, 0.717) is 10.6 Å². The van der Waals surface area contributed by atoms with E-state index in [-0.39, 0.29) is 16.8 Å². The Balaban J connectivity index is 1.68. The number of nitrogens with zero attached hydrogens (tertiary/aromatic N) is 2. The first-order valence-corrected chi connectivity index (χ1v) is 7.09. The van der Waals surface area contributed by atoms with Crippen molar-refractivity contribution in [1.29, 1.82) is 0 Å². The molecular formula is C17H10N2O6. The van der Waals surface area contributed by atoms with Crippen molar-refractivity contribution < 1.29 is 24.1 Å². The molecule has 0 atom stereocenters. The van der Waals surface area contributed by atoms with Gasteiger partial charge in [0.25, 0.3) is 17.5 Å². The maximum Gasteiger partial charge on any atom is 0.356 e. The largest absolute Gasteiger partial charge is 0.356 e. The standard InChI is InChI=1S/C17H10N2O6/c20-15(10-7-11-5-8-12(9-6-11)19(23)24)25-18-16(21)13-3-1-2-4-14(13)17(18)22/h1-10H/b10-7+. The van der Waals surface area contributed by atoms with Gasteiger partial charge in [-0.25, -0.2) is 4.79 Å². The highest BCUT2D eigenvalue weighted by Crippen LogP contribution is 2.22. The molecule has 0 aliphatic carbocycles. The number of hydroxylamine groups is 2. The van der Waals surface area contributed by atoms with Gasteiger partial charge in [-0.2, -0.15) is 0 Å². The van der Waals surface area contributed by atoms with E-state index < -0.39 is 22.7 Å². The lowest BCUT2D eigenvalue weighted by atomic mass is 10.1. The lowest BCUT2D eigenvalue weighted by Crippen LogP contribution is -2.32. The highest BCUT2D eigenvalue weighted by molar-refractivity contribution is 6.21. The van der Waals surface area contributed by atoms with Crippen molar-refractivity contribution in [3.05, 3.63) is 81.4 Å². The maximum absolute atomic E-state index is 12.1. The smallest absolute Gasteiger partial charge is 0.325 e. The van der Waals surface area contributed by atoms with Crippen LogP contribution in [0.25, 0.3) is 6.08 Å². The summed E-state index contributed by atoms with van der Waals surface area (Å²) >= 11 is 0. The average molecular weight is 338 g/mol. The average Bonchev–Trinajstić information content (AvgIpc) is 2.86. The minimum atomic E-state index is -0.923. The van der Waals surface area contributed by atoms with Crippen LogP contribution >= 0.6 is 0 Å². The van der Waals surface area contributed by atoms with Crippen LogP contribution in [0.2, 0.25) is 0 Å². The van der Waals surface area contributed by atoms with Gasteiger partial charge in [0.2, 0.25) is 0 Å². The number of rotatable bonds is 4. The van der Waals surface area contributed by atoms with Crippen LogP contribution in [0, 0.1) is 10.1 Å². The monoisotopic (exact) mass is 338 g/mol. The lowest BCUT2D eigenvalue weighted by Gasteiger charge is -2.10. The van der Waals surface area contributed by atoms with Gasteiger partial charge >= 0.3 is 5.97 Å². The Hall–Kier alpha value is -3.81. The summed E-state index contributed by atoms with van der Waals surface area (Å²) in [6.45, 7) is 0. The van der Waals surface area contributed by atoms with Crippen LogP contribution in [0.1, 0.15) is 26.3 Å². The van der Waals surface area contributed by atoms with Gasteiger partial charge in [0.15, 0.2) is 0 Å². The molecule has 0 fully saturated rings. The minimum Gasteiger partial charge on any atom is -0.325 e. The number of carbonyl (C=O) groups excluding carboxylic acids is 3. The van der Waals surface area contributed by atoms with Crippen molar-refractivity contribution in [2.45, 2.75) is 0 Å². The van der Waals surface area contributed by atoms with Crippen LogP contribution in [0.15, 0.2) is 54.6 Å². The van der Waals surface area contributed by atoms with E-state index in [1.54, 1.807) is 12.1 Å². The summed E-state index contributed by atoms with van der Waals surface area (Å²) < 4.78 is 0. The summed E-state index contributed by atoms with van der Waals surface area (Å²) in [6, 6.07) is 11.6. The van der Waals surface area contributed by atoms with Crippen molar-refractivity contribution in [2.24, 2.45) is 0 Å². The molecule has 0 saturated heterocycles. The fraction of sp³-hybridized carbons (Fsp3) is 0. The highest BCUT2D eigenvalue weighted by Gasteiger charge is 2.38. The van der Waals surface area contributed by atoms with Gasteiger partial charge in [0.1, 0.15) is 0 Å². The summed E-state index contributed by atoms with van der Waals surface area (Å²) in [6.07, 6.45) is 2.37. The van der Waals surface area contributed by atoms with E-state index in [1.807, 2.05) is 0 Å². The number of nitro benzene ring substituents is 1. The number of benzene rings is 2. The second kappa shape index (κ2) is 6.36. The zero-order valence-electron chi connectivity index (χ0n) is 12.6. The molecule has 0 unspecified atom stereocenters. The fourth-order valence-electron chi connectivity index (χ4n) is 2.24. The number of carbonyl (C=O) groups is 3. The van der Waals surface area contributed by atoms with Crippen LogP contribution in [0.3, 0.4) is 0 Å². The number of hydrogen-bond donors (Lipinski definition) is 0. The van der Waals surface area contributed by atoms with Gasteiger partial charge in [-0.1, -0.05) is 17.2 Å². The minimum absolute atomic E-state index is 0.0780. The highest BCUT2D eigenvalue weighted by atomic mass is 16.7. The number of amides is 2. The number of fused-ring (bicyclic) bond motifs is 1. The van der Waals surface area contributed by atoms with Gasteiger partial charge < -0.3 is 4.84 Å². The summed E-state index contributed by atoms with van der Waals surface area (Å²) in [7, 11) is 0. The molecule has 3 rings (SSSR count). The van der Waals surface area contributed by atoms with Crippen molar-refractivity contribution in [3.8, 4) is 0 Å². The predicted molar refractivity (Wildman–Crippen MR) is 85.2 cm³/mol. The summed E-state index contributed by atoms with van der Waals surface area (Å²) in [4.78, 5) is 50.8. The summed E-state index contributed by atoms with van der Waals surface area (Å²) in [5.41, 5.74) is 0.773. The first-order chi connectivity index (χ1) is 12.0. The van der Waals surface area contributed by atoms with Gasteiger partial charge in [0.05, 0.1) is 16.1 Å². The third-order valence-corrected chi connectivity index (χ3v) is 3.45. The zero-order chi connectivity index (χ0) is 18.0. The van der Waals surface area contributed by atoms with E-state index in [2.05, 4.69) is 0 Å². The molecule has 8 heteroatoms. The summed E-state index contributed by atoms with van der Waals surface area (Å²) in [5.74, 6) is -2.34. The lowest BCUT2D eigenvalue weighted by molar-refractivity contribution is -0.384. The second-order valence-electron chi connectivity index (χ2n) is 5.04. The molecule has 0 N–H and O–H groups in total. The molecular weight excluding hydrogens is 328 g/mol. The van der Waals surface area contributed by atoms with Gasteiger partial charge in [-0.3, -0.25) is 19.7 Å². The predicted octanol–water partition coefficient (Wildman–Crippen LogP) is 2.36. The van der Waals surface area contributed by atoms with Crippen molar-refractivity contribution in [1.82, 2.24) is 5.06 Å². The Kier molecular flexibility index (Phi) is 4.09. The molecule has 0 aromatic heterocycles. The molecule has 0 spiro atoms. The number of hydrogen-bond acceptors (Lipinski definition) is 6. The first kappa shape index (κ1) is 16.1. The Morgan fingerprint density at radius 2 is 1.56 bits per heavy atom. The van der Waals surface area contributed by atoms with E-state index in [4.69, 9.17) is 4.84 Å². The van der Waals surface area contributed by atoms with Gasteiger partial charge in [0, 0.05) is 18.2 Å². The molecule has 1 aliphatic rings. The third kappa shape index (κ3) is 3.13. The Labute approximate surface area is 141 Å². The van der Waals surface area contributed by atoms with Gasteiger partial charge in [-0.05, 0) is 35.9 Å². The van der Waals surface area contributed by atoms with Crippen LogP contribution < -0.4 is 0 Å². The van der Waals surface area contributed by atoms with E-state index in [9.17, 15) is 24.5 Å². The molecule has 0 bridgehead atoms. The number of non-ortho nitro benzene ring substituents is 1. The Bertz CT molecular complexity index is 882. The quantitative estimate of drug-likeness (QED) is 0.366. The summed E-state index contributed by atoms with van der Waals surface area (Å²) in [5, 5.41) is 11.0. The number of nitro groups is 1. The van der Waals surface area contributed by atoms with Crippen LogP contribution in [0.4, 0.5) is 5.69 Å². The molecule has 25 heavy (non-hydrogen) atoms. The molecule has 1 aliphatic heterocycles. The third-order valence-electron chi connectivity index (χ3n) is 3.45. The van der Waals surface area contributed by atoms with Crippen LogP contribution in [-0.4, -0.2) is 27.8 Å². The Morgan fingerprint density at radius 3 is 2.08 bits per heavy atom. The Morgan fingerprint density at radius 1 is 1.00 bits per heavy atom. The van der Waals surface area contributed by atoms with Crippen LogP contribution in [-0.2, 0) is 9.63 Å². The second-order valence-corrected chi connectivity index (χ2v) is 5.04. The molecule has 1 heterocycles. The van der Waals surface area contributed by atoms with Gasteiger partial charge in [-0.15, -0.1) is 0 Å². The first-order valence-electron chi connectivity index (χ1n) is 7.09. The molecule has 2 aromatic carbocycles. The molecule has 2 amide bonds. The molecule has 124 valence electrons. The van der Waals surface area contributed by atoms with Crippen LogP contribution in [0.5, 0.6) is 0 Å². The number of imide groups is 1. The van der Waals surface area contributed by atoms with E-state index >= 15 is 0 Å². The van der Waals surface area contributed by atoms with Crippen molar-refractivity contribution in [2.75, 3.05) is 0 Å². The molecule has 8 nitrogen and oxygen atoms in total.